The van der Waals surface area contributed by atoms with Crippen molar-refractivity contribution < 1.29 is 22.7 Å². The highest BCUT2D eigenvalue weighted by Gasteiger charge is 2.52. The van der Waals surface area contributed by atoms with E-state index in [4.69, 9.17) is 13.9 Å². The van der Waals surface area contributed by atoms with Gasteiger partial charge in [0.25, 0.3) is 0 Å². The molecule has 0 aromatic rings. The number of rotatable bonds is 3. The molecule has 1 N–H and O–H groups in total. The van der Waals surface area contributed by atoms with Gasteiger partial charge in [-0.15, -0.1) is 0 Å². The summed E-state index contributed by atoms with van der Waals surface area (Å²) in [5.74, 6) is 0. The van der Waals surface area contributed by atoms with Gasteiger partial charge in [0.05, 0.1) is 19.3 Å². The third kappa shape index (κ3) is 2.96. The van der Waals surface area contributed by atoms with Crippen molar-refractivity contribution in [3.8, 4) is 0 Å². The lowest BCUT2D eigenvalue weighted by molar-refractivity contribution is 0.0246. The summed E-state index contributed by atoms with van der Waals surface area (Å²) in [6.45, 7) is 11.7. The molecule has 112 valence electrons. The summed E-state index contributed by atoms with van der Waals surface area (Å²) in [5, 5.41) is -0.318. The number of hydrogen-bond acceptors (Lipinski definition) is 4. The van der Waals surface area contributed by atoms with E-state index in [1.54, 1.807) is 0 Å². The smallest absolute Gasteiger partial charge is 0.192 e. The van der Waals surface area contributed by atoms with Crippen molar-refractivity contribution in [1.82, 2.24) is 0 Å². The first-order valence-corrected chi connectivity index (χ1v) is 10.7. The van der Waals surface area contributed by atoms with E-state index in [0.717, 1.165) is 0 Å². The van der Waals surface area contributed by atoms with Crippen molar-refractivity contribution in [2.75, 3.05) is 13.2 Å². The van der Waals surface area contributed by atoms with Gasteiger partial charge in [0.15, 0.2) is 19.4 Å². The Morgan fingerprint density at radius 3 is 2.32 bits per heavy atom. The Morgan fingerprint density at radius 2 is 1.79 bits per heavy atom. The van der Waals surface area contributed by atoms with Gasteiger partial charge in [-0.05, 0) is 18.1 Å². The minimum atomic E-state index is -1.90. The van der Waals surface area contributed by atoms with Crippen LogP contribution in [0.1, 0.15) is 20.8 Å². The summed E-state index contributed by atoms with van der Waals surface area (Å²) < 4.78 is 38.0. The largest absolute Gasteiger partial charge is 0.409 e. The zero-order valence-corrected chi connectivity index (χ0v) is 14.0. The van der Waals surface area contributed by atoms with Crippen LogP contribution in [0.5, 0.6) is 0 Å². The topological polar surface area (TPSA) is 65.0 Å². The Kier molecular flexibility index (Phi) is 4.26. The summed E-state index contributed by atoms with van der Waals surface area (Å²) in [4.78, 5) is 0. The van der Waals surface area contributed by atoms with Crippen molar-refractivity contribution in [1.29, 1.82) is 0 Å². The van der Waals surface area contributed by atoms with Crippen LogP contribution in [-0.2, 0) is 25.0 Å². The summed E-state index contributed by atoms with van der Waals surface area (Å²) in [5.41, 5.74) is 0. The fourth-order valence-corrected chi connectivity index (χ4v) is 4.23. The second-order valence-electron chi connectivity index (χ2n) is 6.83. The molecule has 0 saturated carbocycles. The second kappa shape index (κ2) is 5.20. The van der Waals surface area contributed by atoms with E-state index in [0.29, 0.717) is 6.61 Å². The second-order valence-corrected chi connectivity index (χ2v) is 12.7. The molecule has 5 nitrogen and oxygen atoms in total. The third-order valence-corrected chi connectivity index (χ3v) is 9.90. The molecule has 5 atom stereocenters. The van der Waals surface area contributed by atoms with E-state index in [1.165, 1.54) is 0 Å². The van der Waals surface area contributed by atoms with Gasteiger partial charge < -0.3 is 18.5 Å². The first kappa shape index (κ1) is 15.6. The summed E-state index contributed by atoms with van der Waals surface area (Å²) in [7, 11) is -1.88. The molecule has 0 aromatic heterocycles. The molecule has 2 heterocycles. The van der Waals surface area contributed by atoms with Crippen LogP contribution in [-0.4, -0.2) is 53.9 Å². The molecule has 2 saturated heterocycles. The monoisotopic (exact) mass is 308 g/mol. The number of hydrogen-bond donors (Lipinski definition) is 1. The van der Waals surface area contributed by atoms with Crippen LogP contribution in [0.25, 0.3) is 0 Å². The van der Waals surface area contributed by atoms with Crippen molar-refractivity contribution in [3.05, 3.63) is 0 Å². The Labute approximate surface area is 118 Å². The van der Waals surface area contributed by atoms with Gasteiger partial charge in [0, 0.05) is 0 Å². The van der Waals surface area contributed by atoms with Gasteiger partial charge in [-0.2, -0.15) is 0 Å². The normalized spacial score (nSPS) is 37.4. The molecule has 0 spiro atoms. The maximum Gasteiger partial charge on any atom is 0.192 e. The van der Waals surface area contributed by atoms with Crippen LogP contribution in [0.4, 0.5) is 0 Å². The van der Waals surface area contributed by atoms with Crippen LogP contribution in [0, 0.1) is 0 Å². The van der Waals surface area contributed by atoms with E-state index in [1.807, 2.05) is 0 Å². The lowest BCUT2D eigenvalue weighted by Gasteiger charge is -2.39. The zero-order valence-electron chi connectivity index (χ0n) is 12.2. The molecule has 2 aliphatic rings. The molecule has 2 rings (SSSR count). The van der Waals surface area contributed by atoms with Gasteiger partial charge in [-0.3, -0.25) is 0 Å². The minimum Gasteiger partial charge on any atom is -0.409 e. The molecular formula is C12H24O5SSi. The standard InChI is InChI=1S/C12H24O5SSi/c1-12(2,3)19(4,5)17-8-6-15-11-9(18(13)14)7-16-10(8)11/h8-11H,6-7H2,1-5H3,(H,13,14)/t8-,9-,10-,11-/m1/s1. The molecule has 0 amide bonds. The van der Waals surface area contributed by atoms with Crippen LogP contribution in [0.15, 0.2) is 0 Å². The molecule has 0 bridgehead atoms. The maximum atomic E-state index is 11.2. The van der Waals surface area contributed by atoms with E-state index < -0.39 is 24.6 Å². The first-order valence-electron chi connectivity index (χ1n) is 6.64. The maximum absolute atomic E-state index is 11.2. The summed E-state index contributed by atoms with van der Waals surface area (Å²) >= 11 is -1.90. The number of ether oxygens (including phenoxy) is 2. The summed E-state index contributed by atoms with van der Waals surface area (Å²) in [6.07, 6.45) is -0.615. The van der Waals surface area contributed by atoms with E-state index in [2.05, 4.69) is 33.9 Å². The zero-order chi connectivity index (χ0) is 14.4. The molecule has 19 heavy (non-hydrogen) atoms. The van der Waals surface area contributed by atoms with Gasteiger partial charge in [-0.25, -0.2) is 4.21 Å². The van der Waals surface area contributed by atoms with Gasteiger partial charge in [0.1, 0.15) is 17.5 Å². The van der Waals surface area contributed by atoms with Crippen LogP contribution in [0.3, 0.4) is 0 Å². The third-order valence-electron chi connectivity index (χ3n) is 4.47. The fraction of sp³-hybridized carbons (Fsp3) is 1.00. The van der Waals surface area contributed by atoms with Gasteiger partial charge in [0.2, 0.25) is 0 Å². The Morgan fingerprint density at radius 1 is 1.21 bits per heavy atom. The average molecular weight is 308 g/mol. The molecule has 1 unspecified atom stereocenters. The van der Waals surface area contributed by atoms with Gasteiger partial charge >= 0.3 is 0 Å². The van der Waals surface area contributed by atoms with Gasteiger partial charge in [-0.1, -0.05) is 20.8 Å². The fourth-order valence-electron chi connectivity index (χ4n) is 2.26. The SMILES string of the molecule is CC(C)(C)[Si](C)(C)O[C@@H]1CO[C@H]2[C@@H]1OC[C@H]2S(=O)O. The Hall–Kier alpha value is 0.207. The predicted molar refractivity (Wildman–Crippen MR) is 76.1 cm³/mol. The van der Waals surface area contributed by atoms with Crippen molar-refractivity contribution in [3.63, 3.8) is 0 Å². The summed E-state index contributed by atoms with van der Waals surface area (Å²) in [6, 6.07) is 0. The minimum absolute atomic E-state index is 0.112. The number of fused-ring (bicyclic) bond motifs is 1. The molecular weight excluding hydrogens is 284 g/mol. The quantitative estimate of drug-likeness (QED) is 0.636. The Balaban J connectivity index is 2.04. The molecule has 2 aliphatic heterocycles. The van der Waals surface area contributed by atoms with E-state index >= 15 is 0 Å². The van der Waals surface area contributed by atoms with Crippen molar-refractivity contribution in [2.24, 2.45) is 0 Å². The molecule has 0 aromatic carbocycles. The molecule has 2 fully saturated rings. The van der Waals surface area contributed by atoms with Crippen LogP contribution < -0.4 is 0 Å². The molecule has 0 aliphatic carbocycles. The van der Waals surface area contributed by atoms with Crippen LogP contribution >= 0.6 is 0 Å². The van der Waals surface area contributed by atoms with Crippen LogP contribution in [0.2, 0.25) is 18.1 Å². The van der Waals surface area contributed by atoms with Crippen molar-refractivity contribution in [2.45, 2.75) is 62.5 Å². The lowest BCUT2D eigenvalue weighted by Crippen LogP contribution is -2.47. The predicted octanol–water partition coefficient (Wildman–Crippen LogP) is 1.76. The van der Waals surface area contributed by atoms with Crippen molar-refractivity contribution >= 4 is 19.4 Å². The highest BCUT2D eigenvalue weighted by Crippen LogP contribution is 2.40. The highest BCUT2D eigenvalue weighted by atomic mass is 32.2. The molecule has 0 radical (unpaired) electrons. The van der Waals surface area contributed by atoms with E-state index in [-0.39, 0.29) is 30.0 Å². The molecule has 7 heteroatoms. The average Bonchev–Trinajstić information content (AvgIpc) is 2.78. The van der Waals surface area contributed by atoms with E-state index in [9.17, 15) is 8.76 Å². The Bertz CT molecular complexity index is 368. The lowest BCUT2D eigenvalue weighted by atomic mass is 10.1. The first-order chi connectivity index (χ1) is 8.63. The highest BCUT2D eigenvalue weighted by molar-refractivity contribution is 7.80.